The minimum Gasteiger partial charge on any atom is -0.493 e. The zero-order valence-corrected chi connectivity index (χ0v) is 12.2. The Balaban J connectivity index is 2.63. The fraction of sp³-hybridized carbons (Fsp3) is 0.600. The van der Waals surface area contributed by atoms with Crippen LogP contribution in [0.3, 0.4) is 0 Å². The van der Waals surface area contributed by atoms with E-state index in [-0.39, 0.29) is 16.9 Å². The molecule has 0 unspecified atom stereocenters. The Kier molecular flexibility index (Phi) is 4.37. The topological polar surface area (TPSA) is 44.5 Å². The summed E-state index contributed by atoms with van der Waals surface area (Å²) in [5.74, 6) is -0.180. The molecule has 0 aromatic heterocycles. The minimum absolute atomic E-state index is 0.0991. The highest BCUT2D eigenvalue weighted by Gasteiger charge is 2.40. The van der Waals surface area contributed by atoms with Gasteiger partial charge in [0.15, 0.2) is 11.5 Å². The highest BCUT2D eigenvalue weighted by Crippen LogP contribution is 2.47. The van der Waals surface area contributed by atoms with Crippen LogP contribution >= 0.6 is 0 Å². The van der Waals surface area contributed by atoms with Gasteiger partial charge in [-0.05, 0) is 30.5 Å². The largest absolute Gasteiger partial charge is 0.493 e. The number of nitrogens with two attached hydrogens (primary N) is 1. The molecule has 0 amide bonds. The van der Waals surface area contributed by atoms with Gasteiger partial charge in [-0.25, -0.2) is 0 Å². The average molecular weight is 303 g/mol. The van der Waals surface area contributed by atoms with Gasteiger partial charge in [0.2, 0.25) is 0 Å². The maximum atomic E-state index is 13.3. The van der Waals surface area contributed by atoms with Gasteiger partial charge < -0.3 is 15.2 Å². The zero-order chi connectivity index (χ0) is 15.7. The molecule has 1 saturated carbocycles. The third-order valence-corrected chi connectivity index (χ3v) is 4.35. The maximum absolute atomic E-state index is 13.3. The predicted octanol–water partition coefficient (Wildman–Crippen LogP) is 3.49. The van der Waals surface area contributed by atoms with Crippen LogP contribution < -0.4 is 15.2 Å². The first-order valence-corrected chi connectivity index (χ1v) is 6.92. The van der Waals surface area contributed by atoms with E-state index in [1.165, 1.54) is 20.3 Å². The molecule has 1 aliphatic carbocycles. The van der Waals surface area contributed by atoms with Crippen molar-refractivity contribution < 1.29 is 22.6 Å². The lowest BCUT2D eigenvalue weighted by Gasteiger charge is -2.29. The van der Waals surface area contributed by atoms with Crippen molar-refractivity contribution in [1.82, 2.24) is 0 Å². The molecular weight excluding hydrogens is 283 g/mol. The van der Waals surface area contributed by atoms with Crippen LogP contribution in [0.2, 0.25) is 0 Å². The first kappa shape index (κ1) is 15.9. The van der Waals surface area contributed by atoms with Gasteiger partial charge in [-0.15, -0.1) is 0 Å². The van der Waals surface area contributed by atoms with Crippen LogP contribution in [0.4, 0.5) is 13.2 Å². The molecule has 21 heavy (non-hydrogen) atoms. The van der Waals surface area contributed by atoms with Crippen LogP contribution in [0.15, 0.2) is 12.1 Å². The number of rotatable bonds is 4. The number of methoxy groups -OCH3 is 2. The first-order chi connectivity index (χ1) is 9.88. The predicted molar refractivity (Wildman–Crippen MR) is 73.7 cm³/mol. The number of benzene rings is 1. The molecule has 0 aliphatic heterocycles. The fourth-order valence-electron chi connectivity index (χ4n) is 3.14. The van der Waals surface area contributed by atoms with E-state index in [2.05, 4.69) is 0 Å². The maximum Gasteiger partial charge on any atom is 0.420 e. The summed E-state index contributed by atoms with van der Waals surface area (Å²) in [6.07, 6.45) is -0.935. The van der Waals surface area contributed by atoms with Crippen molar-refractivity contribution in [3.63, 3.8) is 0 Å². The summed E-state index contributed by atoms with van der Waals surface area (Å²) in [4.78, 5) is 0. The van der Waals surface area contributed by atoms with Crippen molar-refractivity contribution in [1.29, 1.82) is 0 Å². The molecule has 1 aromatic rings. The minimum atomic E-state index is -4.50. The van der Waals surface area contributed by atoms with Crippen molar-refractivity contribution in [2.45, 2.75) is 37.3 Å². The van der Waals surface area contributed by atoms with E-state index >= 15 is 0 Å². The van der Waals surface area contributed by atoms with Gasteiger partial charge in [0.25, 0.3) is 0 Å². The average Bonchev–Trinajstić information content (AvgIpc) is 2.94. The summed E-state index contributed by atoms with van der Waals surface area (Å²) >= 11 is 0. The Morgan fingerprint density at radius 3 is 2.19 bits per heavy atom. The van der Waals surface area contributed by atoms with E-state index in [0.29, 0.717) is 12.1 Å². The van der Waals surface area contributed by atoms with Crippen LogP contribution in [-0.2, 0) is 11.6 Å². The molecule has 0 saturated heterocycles. The summed E-state index contributed by atoms with van der Waals surface area (Å²) in [6, 6.07) is 2.80. The number of alkyl halides is 3. The van der Waals surface area contributed by atoms with Crippen molar-refractivity contribution in [2.24, 2.45) is 5.73 Å². The Morgan fingerprint density at radius 1 is 1.14 bits per heavy atom. The molecule has 2 N–H and O–H groups in total. The summed E-state index contributed by atoms with van der Waals surface area (Å²) in [7, 11) is 2.55. The molecule has 1 aliphatic rings. The molecule has 0 heterocycles. The zero-order valence-electron chi connectivity index (χ0n) is 12.2. The molecule has 118 valence electrons. The molecule has 2 rings (SSSR count). The quantitative estimate of drug-likeness (QED) is 0.926. The molecule has 0 bridgehead atoms. The van der Waals surface area contributed by atoms with E-state index in [9.17, 15) is 13.2 Å². The monoisotopic (exact) mass is 303 g/mol. The van der Waals surface area contributed by atoms with Crippen molar-refractivity contribution in [3.8, 4) is 11.5 Å². The summed E-state index contributed by atoms with van der Waals surface area (Å²) in [5, 5.41) is 0. The number of halogens is 3. The van der Waals surface area contributed by atoms with Crippen LogP contribution in [0.5, 0.6) is 11.5 Å². The standard InChI is InChI=1S/C15H20F3NO2/c1-20-12-8-10(14(9-19)5-3-4-6-14)7-11(13(12)21-2)15(16,17)18/h7-8H,3-6,9,19H2,1-2H3. The van der Waals surface area contributed by atoms with Gasteiger partial charge >= 0.3 is 6.18 Å². The van der Waals surface area contributed by atoms with Gasteiger partial charge in [-0.2, -0.15) is 13.2 Å². The molecule has 1 fully saturated rings. The molecule has 0 radical (unpaired) electrons. The smallest absolute Gasteiger partial charge is 0.420 e. The molecule has 6 heteroatoms. The Morgan fingerprint density at radius 2 is 1.76 bits per heavy atom. The van der Waals surface area contributed by atoms with Gasteiger partial charge in [0.05, 0.1) is 14.2 Å². The SMILES string of the molecule is COc1cc(C2(CN)CCCC2)cc(C(F)(F)F)c1OC. The van der Waals surface area contributed by atoms with Gasteiger partial charge in [0, 0.05) is 12.0 Å². The van der Waals surface area contributed by atoms with Crippen LogP contribution in [0.1, 0.15) is 36.8 Å². The third-order valence-electron chi connectivity index (χ3n) is 4.35. The van der Waals surface area contributed by atoms with E-state index in [4.69, 9.17) is 15.2 Å². The second kappa shape index (κ2) is 5.75. The van der Waals surface area contributed by atoms with Crippen LogP contribution in [0.25, 0.3) is 0 Å². The molecular formula is C15H20F3NO2. The van der Waals surface area contributed by atoms with Crippen LogP contribution in [-0.4, -0.2) is 20.8 Å². The normalized spacial score (nSPS) is 17.8. The van der Waals surface area contributed by atoms with E-state index < -0.39 is 11.7 Å². The number of hydrogen-bond acceptors (Lipinski definition) is 3. The Bertz CT molecular complexity index is 508. The second-order valence-electron chi connectivity index (χ2n) is 5.45. The Hall–Kier alpha value is -1.43. The van der Waals surface area contributed by atoms with Gasteiger partial charge in [0.1, 0.15) is 5.56 Å². The van der Waals surface area contributed by atoms with Gasteiger partial charge in [-0.1, -0.05) is 12.8 Å². The van der Waals surface area contributed by atoms with Crippen molar-refractivity contribution in [3.05, 3.63) is 23.3 Å². The van der Waals surface area contributed by atoms with Gasteiger partial charge in [-0.3, -0.25) is 0 Å². The lowest BCUT2D eigenvalue weighted by atomic mass is 9.78. The lowest BCUT2D eigenvalue weighted by Crippen LogP contribution is -2.32. The lowest BCUT2D eigenvalue weighted by molar-refractivity contribution is -0.139. The molecule has 0 atom stereocenters. The highest BCUT2D eigenvalue weighted by atomic mass is 19.4. The van der Waals surface area contributed by atoms with Crippen molar-refractivity contribution >= 4 is 0 Å². The fourth-order valence-corrected chi connectivity index (χ4v) is 3.14. The van der Waals surface area contributed by atoms with E-state index in [0.717, 1.165) is 25.7 Å². The third kappa shape index (κ3) is 2.81. The van der Waals surface area contributed by atoms with Crippen molar-refractivity contribution in [2.75, 3.05) is 20.8 Å². The highest BCUT2D eigenvalue weighted by molar-refractivity contribution is 5.52. The number of ether oxygens (including phenoxy) is 2. The second-order valence-corrected chi connectivity index (χ2v) is 5.45. The molecule has 3 nitrogen and oxygen atoms in total. The summed E-state index contributed by atoms with van der Waals surface area (Å²) in [6.45, 7) is 0.333. The first-order valence-electron chi connectivity index (χ1n) is 6.92. The molecule has 0 spiro atoms. The Labute approximate surface area is 122 Å². The van der Waals surface area contributed by atoms with Crippen LogP contribution in [0, 0.1) is 0 Å². The van der Waals surface area contributed by atoms with E-state index in [1.54, 1.807) is 6.07 Å². The summed E-state index contributed by atoms with van der Waals surface area (Å²) in [5.41, 5.74) is 5.26. The number of hydrogen-bond donors (Lipinski definition) is 1. The summed E-state index contributed by atoms with van der Waals surface area (Å²) < 4.78 is 49.8. The van der Waals surface area contributed by atoms with E-state index in [1.807, 2.05) is 0 Å². The molecule has 1 aromatic carbocycles.